The SMILES string of the molecule is COc1cccc(C2CC(c3ccccc3)=NN2S(=O)(=O)c2ccc(Cl)cc2)c1OC. The zero-order valence-corrected chi connectivity index (χ0v) is 18.6. The number of para-hydroxylation sites is 1. The fourth-order valence-electron chi connectivity index (χ4n) is 3.64. The summed E-state index contributed by atoms with van der Waals surface area (Å²) >= 11 is 5.96. The number of benzene rings is 3. The maximum absolute atomic E-state index is 13.6. The predicted octanol–water partition coefficient (Wildman–Crippen LogP) is 4.90. The lowest BCUT2D eigenvalue weighted by atomic mass is 9.98. The van der Waals surface area contributed by atoms with Crippen LogP contribution in [-0.2, 0) is 10.0 Å². The quantitative estimate of drug-likeness (QED) is 0.529. The molecule has 8 heteroatoms. The average Bonchev–Trinajstić information content (AvgIpc) is 3.25. The molecule has 1 heterocycles. The molecular formula is C23H21ClN2O4S. The highest BCUT2D eigenvalue weighted by Crippen LogP contribution is 2.43. The minimum Gasteiger partial charge on any atom is -0.493 e. The van der Waals surface area contributed by atoms with E-state index in [0.29, 0.717) is 34.2 Å². The summed E-state index contributed by atoms with van der Waals surface area (Å²) in [5.41, 5.74) is 2.21. The van der Waals surface area contributed by atoms with Crippen molar-refractivity contribution in [2.24, 2.45) is 5.10 Å². The number of hydrazone groups is 1. The third-order valence-corrected chi connectivity index (χ3v) is 7.08. The second-order valence-corrected chi connectivity index (χ2v) is 9.18. The Balaban J connectivity index is 1.86. The lowest BCUT2D eigenvalue weighted by Gasteiger charge is -2.25. The molecule has 4 rings (SSSR count). The van der Waals surface area contributed by atoms with E-state index in [1.54, 1.807) is 25.3 Å². The Morgan fingerprint density at radius 1 is 0.935 bits per heavy atom. The Morgan fingerprint density at radius 3 is 2.29 bits per heavy atom. The third kappa shape index (κ3) is 3.98. The van der Waals surface area contributed by atoms with Crippen molar-refractivity contribution >= 4 is 27.3 Å². The molecule has 3 aromatic carbocycles. The highest BCUT2D eigenvalue weighted by Gasteiger charge is 2.39. The molecule has 3 aromatic rings. The normalized spacial score (nSPS) is 16.2. The van der Waals surface area contributed by atoms with Crippen LogP contribution in [0.1, 0.15) is 23.6 Å². The van der Waals surface area contributed by atoms with Gasteiger partial charge >= 0.3 is 0 Å². The van der Waals surface area contributed by atoms with Crippen molar-refractivity contribution in [3.05, 3.63) is 88.9 Å². The number of sulfonamides is 1. The van der Waals surface area contributed by atoms with Crippen molar-refractivity contribution in [1.82, 2.24) is 4.41 Å². The summed E-state index contributed by atoms with van der Waals surface area (Å²) in [6.07, 6.45) is 0.389. The molecule has 0 N–H and O–H groups in total. The summed E-state index contributed by atoms with van der Waals surface area (Å²) < 4.78 is 39.3. The Morgan fingerprint density at radius 2 is 1.65 bits per heavy atom. The molecule has 0 saturated heterocycles. The van der Waals surface area contributed by atoms with E-state index in [1.165, 1.54) is 19.2 Å². The van der Waals surface area contributed by atoms with Gasteiger partial charge < -0.3 is 9.47 Å². The minimum atomic E-state index is -3.95. The van der Waals surface area contributed by atoms with Crippen LogP contribution in [-0.4, -0.2) is 32.8 Å². The molecule has 1 atom stereocenters. The maximum Gasteiger partial charge on any atom is 0.279 e. The van der Waals surface area contributed by atoms with Crippen molar-refractivity contribution < 1.29 is 17.9 Å². The van der Waals surface area contributed by atoms with Crippen LogP contribution in [0.15, 0.2) is 82.8 Å². The van der Waals surface area contributed by atoms with Crippen LogP contribution in [0.3, 0.4) is 0 Å². The van der Waals surface area contributed by atoms with E-state index in [0.717, 1.165) is 9.98 Å². The molecular weight excluding hydrogens is 436 g/mol. The van der Waals surface area contributed by atoms with Crippen molar-refractivity contribution in [1.29, 1.82) is 0 Å². The van der Waals surface area contributed by atoms with Crippen molar-refractivity contribution in [3.8, 4) is 11.5 Å². The number of hydrogen-bond donors (Lipinski definition) is 0. The summed E-state index contributed by atoms with van der Waals surface area (Å²) in [6.45, 7) is 0. The Hall–Kier alpha value is -3.03. The zero-order chi connectivity index (χ0) is 22.0. The van der Waals surface area contributed by atoms with E-state index in [2.05, 4.69) is 5.10 Å². The zero-order valence-electron chi connectivity index (χ0n) is 17.0. The first-order valence-corrected chi connectivity index (χ1v) is 11.4. The topological polar surface area (TPSA) is 68.2 Å². The molecule has 1 aliphatic heterocycles. The molecule has 0 radical (unpaired) electrons. The molecule has 0 spiro atoms. The summed E-state index contributed by atoms with van der Waals surface area (Å²) in [6, 6.07) is 20.4. The monoisotopic (exact) mass is 456 g/mol. The molecule has 1 aliphatic rings. The molecule has 0 saturated carbocycles. The largest absolute Gasteiger partial charge is 0.493 e. The first kappa shape index (κ1) is 21.2. The van der Waals surface area contributed by atoms with Crippen molar-refractivity contribution in [2.75, 3.05) is 14.2 Å². The van der Waals surface area contributed by atoms with Crippen LogP contribution < -0.4 is 9.47 Å². The van der Waals surface area contributed by atoms with E-state index in [4.69, 9.17) is 21.1 Å². The second kappa shape index (κ2) is 8.61. The summed E-state index contributed by atoms with van der Waals surface area (Å²) in [4.78, 5) is 0.113. The van der Waals surface area contributed by atoms with E-state index in [9.17, 15) is 8.42 Å². The fraction of sp³-hybridized carbons (Fsp3) is 0.174. The van der Waals surface area contributed by atoms with Gasteiger partial charge in [0.1, 0.15) is 0 Å². The van der Waals surface area contributed by atoms with Gasteiger partial charge in [-0.15, -0.1) is 0 Å². The van der Waals surface area contributed by atoms with E-state index in [-0.39, 0.29) is 4.90 Å². The van der Waals surface area contributed by atoms with Crippen LogP contribution >= 0.6 is 11.6 Å². The van der Waals surface area contributed by atoms with Gasteiger partial charge in [0.25, 0.3) is 10.0 Å². The molecule has 6 nitrogen and oxygen atoms in total. The Bertz CT molecular complexity index is 1210. The number of rotatable bonds is 6. The van der Waals surface area contributed by atoms with Gasteiger partial charge in [-0.2, -0.15) is 17.9 Å². The van der Waals surface area contributed by atoms with Crippen molar-refractivity contribution in [2.45, 2.75) is 17.4 Å². The molecule has 0 amide bonds. The molecule has 160 valence electrons. The summed E-state index contributed by atoms with van der Waals surface area (Å²) in [7, 11) is -0.866. The molecule has 0 fully saturated rings. The van der Waals surface area contributed by atoms with Crippen LogP contribution in [0.5, 0.6) is 11.5 Å². The molecule has 0 bridgehead atoms. The van der Waals surface area contributed by atoms with E-state index in [1.807, 2.05) is 42.5 Å². The highest BCUT2D eigenvalue weighted by molar-refractivity contribution is 7.89. The summed E-state index contributed by atoms with van der Waals surface area (Å²) in [5.74, 6) is 1.01. The van der Waals surface area contributed by atoms with Gasteiger partial charge in [0, 0.05) is 17.0 Å². The standard InChI is InChI=1S/C23H21ClN2O4S/c1-29-22-10-6-9-19(23(22)30-2)21-15-20(16-7-4-3-5-8-16)25-26(21)31(27,28)18-13-11-17(24)12-14-18/h3-14,21H,15H2,1-2H3. The average molecular weight is 457 g/mol. The highest BCUT2D eigenvalue weighted by atomic mass is 35.5. The van der Waals surface area contributed by atoms with Gasteiger partial charge in [0.05, 0.1) is 30.9 Å². The molecule has 0 aliphatic carbocycles. The lowest BCUT2D eigenvalue weighted by molar-refractivity contribution is 0.328. The van der Waals surface area contributed by atoms with Gasteiger partial charge in [-0.25, -0.2) is 0 Å². The smallest absolute Gasteiger partial charge is 0.279 e. The van der Waals surface area contributed by atoms with Crippen LogP contribution in [0.2, 0.25) is 5.02 Å². The van der Waals surface area contributed by atoms with Crippen LogP contribution in [0.25, 0.3) is 0 Å². The van der Waals surface area contributed by atoms with Gasteiger partial charge in [-0.05, 0) is 35.9 Å². The first-order valence-electron chi connectivity index (χ1n) is 9.59. The number of nitrogens with zero attached hydrogens (tertiary/aromatic N) is 2. The van der Waals surface area contributed by atoms with Gasteiger partial charge in [0.15, 0.2) is 11.5 Å². The Labute approximate surface area is 186 Å². The van der Waals surface area contributed by atoms with E-state index >= 15 is 0 Å². The second-order valence-electron chi connectivity index (χ2n) is 6.95. The molecule has 0 aromatic heterocycles. The fourth-order valence-corrected chi connectivity index (χ4v) is 5.19. The van der Waals surface area contributed by atoms with Crippen LogP contribution in [0, 0.1) is 0 Å². The molecule has 31 heavy (non-hydrogen) atoms. The predicted molar refractivity (Wildman–Crippen MR) is 120 cm³/mol. The van der Waals surface area contributed by atoms with Gasteiger partial charge in [-0.3, -0.25) is 0 Å². The maximum atomic E-state index is 13.6. The van der Waals surface area contributed by atoms with Crippen molar-refractivity contribution in [3.63, 3.8) is 0 Å². The van der Waals surface area contributed by atoms with Crippen LogP contribution in [0.4, 0.5) is 0 Å². The number of hydrogen-bond acceptors (Lipinski definition) is 5. The number of halogens is 1. The van der Waals surface area contributed by atoms with Gasteiger partial charge in [0.2, 0.25) is 0 Å². The van der Waals surface area contributed by atoms with E-state index < -0.39 is 16.1 Å². The number of ether oxygens (including phenoxy) is 2. The minimum absolute atomic E-state index is 0.113. The van der Waals surface area contributed by atoms with Gasteiger partial charge in [-0.1, -0.05) is 54.1 Å². The third-order valence-electron chi connectivity index (χ3n) is 5.13. The molecule has 1 unspecified atom stereocenters. The summed E-state index contributed by atoms with van der Waals surface area (Å²) in [5, 5.41) is 5.01. The first-order chi connectivity index (χ1) is 15.0. The lowest BCUT2D eigenvalue weighted by Crippen LogP contribution is -2.27. The number of methoxy groups -OCH3 is 2. The Kier molecular flexibility index (Phi) is 5.89.